The molecule has 2 rings (SSSR count). The highest BCUT2D eigenvalue weighted by Gasteiger charge is 2.28. The molecule has 1 fully saturated rings. The quantitative estimate of drug-likeness (QED) is 0.840. The van der Waals surface area contributed by atoms with Crippen LogP contribution in [0.2, 0.25) is 0 Å². The fraction of sp³-hybridized carbons (Fsp3) is 0.583. The number of morpholine rings is 1. The number of aromatic nitrogens is 1. The molecule has 0 aliphatic carbocycles. The molecule has 2 unspecified atom stereocenters. The minimum Gasteiger partial charge on any atom is -0.375 e. The summed E-state index contributed by atoms with van der Waals surface area (Å²) in [6, 6.07) is 1.66. The van der Waals surface area contributed by atoms with Crippen molar-refractivity contribution in [2.45, 2.75) is 32.4 Å². The number of ether oxygens (including phenoxy) is 1. The van der Waals surface area contributed by atoms with Gasteiger partial charge in [0.25, 0.3) is 0 Å². The number of pyridine rings is 1. The first kappa shape index (κ1) is 12.8. The summed E-state index contributed by atoms with van der Waals surface area (Å²) in [6.45, 7) is 5.39. The van der Waals surface area contributed by atoms with E-state index in [0.29, 0.717) is 23.4 Å². The number of anilines is 1. The van der Waals surface area contributed by atoms with Crippen LogP contribution in [0.4, 0.5) is 10.2 Å². The predicted molar refractivity (Wildman–Crippen MR) is 68.7 cm³/mol. The maximum atomic E-state index is 13.9. The van der Waals surface area contributed by atoms with E-state index in [1.807, 2.05) is 11.8 Å². The van der Waals surface area contributed by atoms with Gasteiger partial charge in [0, 0.05) is 17.2 Å². The van der Waals surface area contributed by atoms with Crippen molar-refractivity contribution >= 4 is 21.7 Å². The van der Waals surface area contributed by atoms with Crippen molar-refractivity contribution in [2.24, 2.45) is 0 Å². The lowest BCUT2D eigenvalue weighted by Gasteiger charge is -2.39. The Balaban J connectivity index is 2.28. The lowest BCUT2D eigenvalue weighted by atomic mass is 10.1. The zero-order valence-corrected chi connectivity index (χ0v) is 11.6. The van der Waals surface area contributed by atoms with Gasteiger partial charge < -0.3 is 9.64 Å². The van der Waals surface area contributed by atoms with Crippen LogP contribution in [0, 0.1) is 5.82 Å². The Bertz CT molecular complexity index is 402. The van der Waals surface area contributed by atoms with E-state index in [2.05, 4.69) is 27.8 Å². The number of nitrogens with zero attached hydrogens (tertiary/aromatic N) is 2. The largest absolute Gasteiger partial charge is 0.375 e. The zero-order chi connectivity index (χ0) is 12.4. The molecule has 5 heteroatoms. The minimum absolute atomic E-state index is 0.114. The topological polar surface area (TPSA) is 25.4 Å². The van der Waals surface area contributed by atoms with Crippen LogP contribution in [-0.2, 0) is 4.74 Å². The smallest absolute Gasteiger partial charge is 0.166 e. The summed E-state index contributed by atoms with van der Waals surface area (Å²) >= 11 is 3.22. The van der Waals surface area contributed by atoms with Gasteiger partial charge in [-0.25, -0.2) is 9.37 Å². The van der Waals surface area contributed by atoms with Crippen LogP contribution >= 0.6 is 15.9 Å². The van der Waals surface area contributed by atoms with Crippen molar-refractivity contribution in [3.05, 3.63) is 22.6 Å². The summed E-state index contributed by atoms with van der Waals surface area (Å²) in [6.07, 6.45) is 2.66. The van der Waals surface area contributed by atoms with Crippen LogP contribution in [0.3, 0.4) is 0 Å². The van der Waals surface area contributed by atoms with Gasteiger partial charge in [-0.15, -0.1) is 0 Å². The molecule has 0 amide bonds. The molecule has 0 radical (unpaired) electrons. The monoisotopic (exact) mass is 302 g/mol. The molecule has 17 heavy (non-hydrogen) atoms. The molecule has 2 atom stereocenters. The minimum atomic E-state index is -0.285. The molecule has 0 aromatic carbocycles. The molecule has 1 saturated heterocycles. The maximum absolute atomic E-state index is 13.9. The molecule has 3 nitrogen and oxygen atoms in total. The van der Waals surface area contributed by atoms with Crippen LogP contribution < -0.4 is 4.90 Å². The fourth-order valence-electron chi connectivity index (χ4n) is 2.06. The van der Waals surface area contributed by atoms with Crippen LogP contribution in [0.15, 0.2) is 16.7 Å². The van der Waals surface area contributed by atoms with Crippen LogP contribution in [0.1, 0.15) is 20.3 Å². The van der Waals surface area contributed by atoms with E-state index in [9.17, 15) is 4.39 Å². The highest BCUT2D eigenvalue weighted by atomic mass is 79.9. The van der Waals surface area contributed by atoms with E-state index in [-0.39, 0.29) is 18.0 Å². The van der Waals surface area contributed by atoms with Gasteiger partial charge in [0.2, 0.25) is 0 Å². The Labute approximate surface area is 109 Å². The van der Waals surface area contributed by atoms with E-state index in [4.69, 9.17) is 4.74 Å². The van der Waals surface area contributed by atoms with E-state index in [1.54, 1.807) is 6.20 Å². The van der Waals surface area contributed by atoms with Crippen LogP contribution in [0.25, 0.3) is 0 Å². The molecule has 94 valence electrons. The second-order valence-electron chi connectivity index (χ2n) is 4.32. The lowest BCUT2D eigenvalue weighted by molar-refractivity contribution is 0.0293. The molecule has 0 bridgehead atoms. The molecule has 0 saturated carbocycles. The third kappa shape index (κ3) is 2.77. The zero-order valence-electron chi connectivity index (χ0n) is 9.99. The summed E-state index contributed by atoms with van der Waals surface area (Å²) in [4.78, 5) is 6.19. The van der Waals surface area contributed by atoms with Gasteiger partial charge in [0.15, 0.2) is 11.6 Å². The standard InChI is InChI=1S/C12H16BrFN2O/c1-3-10-7-17-8(2)6-16(10)12-11(14)4-9(13)5-15-12/h4-5,8,10H,3,6-7H2,1-2H3. The lowest BCUT2D eigenvalue weighted by Crippen LogP contribution is -2.49. The Morgan fingerprint density at radius 2 is 2.41 bits per heavy atom. The molecule has 1 aromatic rings. The highest BCUT2D eigenvalue weighted by Crippen LogP contribution is 2.25. The highest BCUT2D eigenvalue weighted by molar-refractivity contribution is 9.10. The van der Waals surface area contributed by atoms with Gasteiger partial charge in [-0.05, 0) is 35.3 Å². The average Bonchev–Trinajstić information content (AvgIpc) is 2.29. The Hall–Kier alpha value is -0.680. The maximum Gasteiger partial charge on any atom is 0.166 e. The number of hydrogen-bond acceptors (Lipinski definition) is 3. The van der Waals surface area contributed by atoms with Crippen molar-refractivity contribution in [3.63, 3.8) is 0 Å². The third-order valence-corrected chi connectivity index (χ3v) is 3.43. The predicted octanol–water partition coefficient (Wildman–Crippen LogP) is 2.99. The first-order chi connectivity index (χ1) is 8.11. The molecule has 1 aliphatic rings. The average molecular weight is 303 g/mol. The fourth-order valence-corrected chi connectivity index (χ4v) is 2.36. The van der Waals surface area contributed by atoms with Gasteiger partial charge in [0.1, 0.15) is 0 Å². The second kappa shape index (κ2) is 5.31. The molecule has 2 heterocycles. The summed E-state index contributed by atoms with van der Waals surface area (Å²) in [7, 11) is 0. The first-order valence-electron chi connectivity index (χ1n) is 5.81. The number of halogens is 2. The van der Waals surface area contributed by atoms with Crippen molar-refractivity contribution in [1.82, 2.24) is 4.98 Å². The van der Waals surface area contributed by atoms with Gasteiger partial charge in [0.05, 0.1) is 18.8 Å². The van der Waals surface area contributed by atoms with E-state index in [1.165, 1.54) is 6.07 Å². The summed E-state index contributed by atoms with van der Waals surface area (Å²) < 4.78 is 20.2. The van der Waals surface area contributed by atoms with E-state index >= 15 is 0 Å². The van der Waals surface area contributed by atoms with E-state index < -0.39 is 0 Å². The van der Waals surface area contributed by atoms with Gasteiger partial charge >= 0.3 is 0 Å². The van der Waals surface area contributed by atoms with Crippen LogP contribution in [0.5, 0.6) is 0 Å². The van der Waals surface area contributed by atoms with Gasteiger partial charge in [-0.3, -0.25) is 0 Å². The third-order valence-electron chi connectivity index (χ3n) is 3.00. The molecular formula is C12H16BrFN2O. The van der Waals surface area contributed by atoms with Gasteiger partial charge in [-0.1, -0.05) is 6.92 Å². The Morgan fingerprint density at radius 3 is 3.06 bits per heavy atom. The Kier molecular flexibility index (Phi) is 3.99. The van der Waals surface area contributed by atoms with Crippen molar-refractivity contribution < 1.29 is 9.13 Å². The summed E-state index contributed by atoms with van der Waals surface area (Å²) in [5.41, 5.74) is 0. The molecule has 1 aromatic heterocycles. The normalized spacial score (nSPS) is 25.1. The Morgan fingerprint density at radius 1 is 1.65 bits per heavy atom. The first-order valence-corrected chi connectivity index (χ1v) is 6.60. The van der Waals surface area contributed by atoms with Crippen molar-refractivity contribution in [1.29, 1.82) is 0 Å². The molecule has 0 spiro atoms. The summed E-state index contributed by atoms with van der Waals surface area (Å²) in [5.74, 6) is 0.141. The van der Waals surface area contributed by atoms with Crippen LogP contribution in [-0.4, -0.2) is 30.3 Å². The van der Waals surface area contributed by atoms with Gasteiger partial charge in [-0.2, -0.15) is 0 Å². The number of hydrogen-bond donors (Lipinski definition) is 0. The number of rotatable bonds is 2. The van der Waals surface area contributed by atoms with E-state index in [0.717, 1.165) is 6.42 Å². The van der Waals surface area contributed by atoms with Crippen molar-refractivity contribution in [2.75, 3.05) is 18.1 Å². The summed E-state index contributed by atoms with van der Waals surface area (Å²) in [5, 5.41) is 0. The SMILES string of the molecule is CCC1COC(C)CN1c1ncc(Br)cc1F. The molecular weight excluding hydrogens is 287 g/mol. The molecule has 0 N–H and O–H groups in total. The second-order valence-corrected chi connectivity index (χ2v) is 5.23. The van der Waals surface area contributed by atoms with Crippen molar-refractivity contribution in [3.8, 4) is 0 Å². The molecule has 1 aliphatic heterocycles.